The summed E-state index contributed by atoms with van der Waals surface area (Å²) in [6, 6.07) is 6.52. The molecule has 88 valence electrons. The normalized spacial score (nSPS) is 17.9. The molecule has 0 heterocycles. The minimum Gasteiger partial charge on any atom is -0.496 e. The summed E-state index contributed by atoms with van der Waals surface area (Å²) in [5.41, 5.74) is 7.49. The molecule has 1 aliphatic rings. The number of benzene rings is 1. The summed E-state index contributed by atoms with van der Waals surface area (Å²) in [4.78, 5) is 1.19. The predicted molar refractivity (Wildman–Crippen MR) is 69.4 cm³/mol. The van der Waals surface area contributed by atoms with Crippen LogP contribution in [-0.4, -0.2) is 19.9 Å². The van der Waals surface area contributed by atoms with E-state index in [1.807, 2.05) is 0 Å². The Hall–Kier alpha value is -0.670. The van der Waals surface area contributed by atoms with Crippen molar-refractivity contribution in [2.45, 2.75) is 29.6 Å². The molecule has 2 nitrogen and oxygen atoms in total. The van der Waals surface area contributed by atoms with Crippen molar-refractivity contribution < 1.29 is 4.74 Å². The zero-order valence-corrected chi connectivity index (χ0v) is 10.8. The average molecular weight is 237 g/mol. The number of ether oxygens (including phenoxy) is 1. The average Bonchev–Trinajstić information content (AvgIpc) is 2.28. The molecular formula is C13H19NOS. The van der Waals surface area contributed by atoms with Gasteiger partial charge >= 0.3 is 0 Å². The van der Waals surface area contributed by atoms with Gasteiger partial charge in [0.25, 0.3) is 0 Å². The van der Waals surface area contributed by atoms with Crippen LogP contribution in [0.5, 0.6) is 5.75 Å². The molecule has 0 aliphatic heterocycles. The minimum atomic E-state index is 0.226. The standard InChI is InChI=1S/C13H19NOS/c1-15-11-8-10(4-5-12(11)16-2)13(9-14)6-3-7-13/h4-5,8H,3,6-7,9,14H2,1-2H3. The van der Waals surface area contributed by atoms with E-state index >= 15 is 0 Å². The first-order valence-corrected chi connectivity index (χ1v) is 6.91. The van der Waals surface area contributed by atoms with E-state index in [-0.39, 0.29) is 5.41 Å². The van der Waals surface area contributed by atoms with E-state index < -0.39 is 0 Å². The Morgan fingerprint density at radius 3 is 2.62 bits per heavy atom. The van der Waals surface area contributed by atoms with Crippen LogP contribution in [0.3, 0.4) is 0 Å². The summed E-state index contributed by atoms with van der Waals surface area (Å²) < 4.78 is 5.42. The zero-order chi connectivity index (χ0) is 11.6. The maximum absolute atomic E-state index is 5.92. The van der Waals surface area contributed by atoms with Crippen molar-refractivity contribution in [2.75, 3.05) is 19.9 Å². The maximum atomic E-state index is 5.92. The van der Waals surface area contributed by atoms with Crippen LogP contribution in [-0.2, 0) is 5.41 Å². The van der Waals surface area contributed by atoms with Gasteiger partial charge in [-0.3, -0.25) is 0 Å². The van der Waals surface area contributed by atoms with E-state index in [9.17, 15) is 0 Å². The van der Waals surface area contributed by atoms with Gasteiger partial charge in [0.15, 0.2) is 0 Å². The first-order valence-electron chi connectivity index (χ1n) is 5.68. The third-order valence-electron chi connectivity index (χ3n) is 3.70. The van der Waals surface area contributed by atoms with Gasteiger partial charge in [-0.1, -0.05) is 12.5 Å². The molecule has 1 aromatic carbocycles. The summed E-state index contributed by atoms with van der Waals surface area (Å²) in [6.45, 7) is 0.745. The van der Waals surface area contributed by atoms with E-state index in [0.717, 1.165) is 12.3 Å². The predicted octanol–water partition coefficient (Wildman–Crippen LogP) is 2.80. The van der Waals surface area contributed by atoms with Gasteiger partial charge < -0.3 is 10.5 Å². The lowest BCUT2D eigenvalue weighted by Gasteiger charge is -2.41. The summed E-state index contributed by atoms with van der Waals surface area (Å²) in [5, 5.41) is 0. The number of thioether (sulfide) groups is 1. The van der Waals surface area contributed by atoms with Crippen molar-refractivity contribution in [1.82, 2.24) is 0 Å². The van der Waals surface area contributed by atoms with Crippen LogP contribution in [0.15, 0.2) is 23.1 Å². The second-order valence-corrected chi connectivity index (χ2v) is 5.26. The lowest BCUT2D eigenvalue weighted by molar-refractivity contribution is 0.252. The van der Waals surface area contributed by atoms with Crippen LogP contribution in [0.25, 0.3) is 0 Å². The highest BCUT2D eigenvalue weighted by Gasteiger charge is 2.37. The number of nitrogens with two attached hydrogens (primary N) is 1. The Balaban J connectivity index is 2.35. The number of hydrogen-bond donors (Lipinski definition) is 1. The van der Waals surface area contributed by atoms with Crippen LogP contribution in [0.4, 0.5) is 0 Å². The van der Waals surface area contributed by atoms with Crippen molar-refractivity contribution in [3.63, 3.8) is 0 Å². The second-order valence-electron chi connectivity index (χ2n) is 4.41. The van der Waals surface area contributed by atoms with E-state index in [1.165, 1.54) is 29.7 Å². The molecule has 0 atom stereocenters. The number of rotatable bonds is 4. The Morgan fingerprint density at radius 2 is 2.19 bits per heavy atom. The molecule has 0 bridgehead atoms. The third kappa shape index (κ3) is 1.82. The van der Waals surface area contributed by atoms with Gasteiger partial charge in [-0.2, -0.15) is 0 Å². The van der Waals surface area contributed by atoms with Crippen molar-refractivity contribution in [2.24, 2.45) is 5.73 Å². The van der Waals surface area contributed by atoms with Gasteiger partial charge in [-0.25, -0.2) is 0 Å². The Labute approximate surface area is 102 Å². The second kappa shape index (κ2) is 4.68. The highest BCUT2D eigenvalue weighted by molar-refractivity contribution is 7.98. The molecule has 0 saturated heterocycles. The van der Waals surface area contributed by atoms with Crippen LogP contribution >= 0.6 is 11.8 Å². The fourth-order valence-electron chi connectivity index (χ4n) is 2.38. The van der Waals surface area contributed by atoms with Gasteiger partial charge in [0.05, 0.1) is 7.11 Å². The molecule has 16 heavy (non-hydrogen) atoms. The lowest BCUT2D eigenvalue weighted by atomic mass is 9.64. The molecule has 2 rings (SSSR count). The number of hydrogen-bond acceptors (Lipinski definition) is 3. The quantitative estimate of drug-likeness (QED) is 0.818. The van der Waals surface area contributed by atoms with E-state index in [1.54, 1.807) is 18.9 Å². The molecule has 1 fully saturated rings. The molecule has 0 radical (unpaired) electrons. The lowest BCUT2D eigenvalue weighted by Crippen LogP contribution is -2.41. The van der Waals surface area contributed by atoms with Crippen LogP contribution in [0.1, 0.15) is 24.8 Å². The van der Waals surface area contributed by atoms with E-state index in [0.29, 0.717) is 0 Å². The van der Waals surface area contributed by atoms with Crippen molar-refractivity contribution in [3.05, 3.63) is 23.8 Å². The first kappa shape index (κ1) is 11.8. The Morgan fingerprint density at radius 1 is 1.44 bits per heavy atom. The van der Waals surface area contributed by atoms with Crippen LogP contribution in [0.2, 0.25) is 0 Å². The molecule has 0 spiro atoms. The molecule has 0 amide bonds. The van der Waals surface area contributed by atoms with Gasteiger partial charge in [-0.05, 0) is 36.8 Å². The molecule has 1 aliphatic carbocycles. The molecular weight excluding hydrogens is 218 g/mol. The van der Waals surface area contributed by atoms with Crippen LogP contribution < -0.4 is 10.5 Å². The highest BCUT2D eigenvalue weighted by atomic mass is 32.2. The molecule has 0 unspecified atom stereocenters. The van der Waals surface area contributed by atoms with Crippen LogP contribution in [0, 0.1) is 0 Å². The highest BCUT2D eigenvalue weighted by Crippen LogP contribution is 2.44. The molecule has 3 heteroatoms. The van der Waals surface area contributed by atoms with Gasteiger partial charge in [0.2, 0.25) is 0 Å². The number of methoxy groups -OCH3 is 1. The van der Waals surface area contributed by atoms with E-state index in [4.69, 9.17) is 10.5 Å². The summed E-state index contributed by atoms with van der Waals surface area (Å²) in [7, 11) is 1.73. The fourth-order valence-corrected chi connectivity index (χ4v) is 2.93. The molecule has 2 N–H and O–H groups in total. The third-order valence-corrected chi connectivity index (χ3v) is 4.47. The zero-order valence-electron chi connectivity index (χ0n) is 9.95. The van der Waals surface area contributed by atoms with Crippen molar-refractivity contribution in [1.29, 1.82) is 0 Å². The molecule has 0 aromatic heterocycles. The van der Waals surface area contributed by atoms with Gasteiger partial charge in [-0.15, -0.1) is 11.8 Å². The van der Waals surface area contributed by atoms with Crippen molar-refractivity contribution >= 4 is 11.8 Å². The van der Waals surface area contributed by atoms with Crippen molar-refractivity contribution in [3.8, 4) is 5.75 Å². The SMILES string of the molecule is COc1cc(C2(CN)CCC2)ccc1SC. The smallest absolute Gasteiger partial charge is 0.132 e. The van der Waals surface area contributed by atoms with Gasteiger partial charge in [0, 0.05) is 16.9 Å². The maximum Gasteiger partial charge on any atom is 0.132 e. The summed E-state index contributed by atoms with van der Waals surface area (Å²) in [5.74, 6) is 0.977. The largest absolute Gasteiger partial charge is 0.496 e. The van der Waals surface area contributed by atoms with E-state index in [2.05, 4.69) is 24.5 Å². The molecule has 1 aromatic rings. The Bertz CT molecular complexity index is 369. The topological polar surface area (TPSA) is 35.2 Å². The monoisotopic (exact) mass is 237 g/mol. The minimum absolute atomic E-state index is 0.226. The molecule has 1 saturated carbocycles. The summed E-state index contributed by atoms with van der Waals surface area (Å²) >= 11 is 1.72. The fraction of sp³-hybridized carbons (Fsp3) is 0.538. The Kier molecular flexibility index (Phi) is 3.45. The first-order chi connectivity index (χ1) is 7.75. The van der Waals surface area contributed by atoms with Gasteiger partial charge in [0.1, 0.15) is 5.75 Å². The summed E-state index contributed by atoms with van der Waals surface area (Å²) in [6.07, 6.45) is 5.79.